The Labute approximate surface area is 138 Å². The van der Waals surface area contributed by atoms with Crippen LogP contribution in [0.4, 0.5) is 0 Å². The minimum atomic E-state index is 0. The largest absolute Gasteiger partial charge is 0.0874 e. The van der Waals surface area contributed by atoms with Crippen LogP contribution in [0.1, 0.15) is 72.4 Å². The van der Waals surface area contributed by atoms with Crippen molar-refractivity contribution in [2.24, 2.45) is 0 Å². The van der Waals surface area contributed by atoms with Gasteiger partial charge in [0.1, 0.15) is 0 Å². The van der Waals surface area contributed by atoms with Gasteiger partial charge in [-0.2, -0.15) is 0 Å². The summed E-state index contributed by atoms with van der Waals surface area (Å²) >= 11 is 0. The summed E-state index contributed by atoms with van der Waals surface area (Å²) < 4.78 is 0. The van der Waals surface area contributed by atoms with Gasteiger partial charge < -0.3 is 0 Å². The second kappa shape index (κ2) is 11.1. The normalized spacial score (nSPS) is 15.8. The van der Waals surface area contributed by atoms with Gasteiger partial charge in [-0.25, -0.2) is 0 Å². The highest BCUT2D eigenvalue weighted by Crippen LogP contribution is 2.34. The molecule has 0 N–H and O–H groups in total. The van der Waals surface area contributed by atoms with Crippen LogP contribution in [-0.4, -0.2) is 0 Å². The van der Waals surface area contributed by atoms with E-state index in [1.54, 1.807) is 0 Å². The van der Waals surface area contributed by atoms with Gasteiger partial charge >= 0.3 is 0 Å². The molecule has 1 aliphatic rings. The van der Waals surface area contributed by atoms with Gasteiger partial charge in [0, 0.05) is 0 Å². The first-order chi connectivity index (χ1) is 10.3. The Hall–Kier alpha value is -1.56. The van der Waals surface area contributed by atoms with Crippen LogP contribution in [0.15, 0.2) is 53.6 Å². The highest BCUT2D eigenvalue weighted by molar-refractivity contribution is 5.82. The van der Waals surface area contributed by atoms with Crippen LogP contribution in [0.3, 0.4) is 0 Å². The zero-order valence-corrected chi connectivity index (χ0v) is 14.4. The molecule has 0 spiro atoms. The van der Waals surface area contributed by atoms with Crippen LogP contribution in [-0.2, 0) is 6.42 Å². The van der Waals surface area contributed by atoms with Crippen molar-refractivity contribution in [3.8, 4) is 0 Å². The highest BCUT2D eigenvalue weighted by Gasteiger charge is 2.15. The first-order valence-electron chi connectivity index (χ1n) is 8.39. The lowest BCUT2D eigenvalue weighted by atomic mass is 9.93. The number of unbranched alkanes of at least 4 members (excludes halogenated alkanes) is 1. The summed E-state index contributed by atoms with van der Waals surface area (Å²) in [7, 11) is 0. The molecule has 0 heteroatoms. The van der Waals surface area contributed by atoms with Gasteiger partial charge in [0.2, 0.25) is 0 Å². The van der Waals surface area contributed by atoms with E-state index in [2.05, 4.69) is 63.3 Å². The third-order valence-electron chi connectivity index (χ3n) is 3.86. The molecule has 0 radical (unpaired) electrons. The molecule has 0 atom stereocenters. The molecule has 0 unspecified atom stereocenters. The smallest absolute Gasteiger partial charge is 0.0152 e. The maximum Gasteiger partial charge on any atom is -0.0152 e. The summed E-state index contributed by atoms with van der Waals surface area (Å²) in [6.07, 6.45) is 11.5. The molecule has 22 heavy (non-hydrogen) atoms. The van der Waals surface area contributed by atoms with Gasteiger partial charge in [-0.1, -0.05) is 77.1 Å². The van der Waals surface area contributed by atoms with Crippen molar-refractivity contribution < 1.29 is 0 Å². The Bertz CT molecular complexity index is 527. The minimum absolute atomic E-state index is 0. The molecule has 0 bridgehead atoms. The van der Waals surface area contributed by atoms with Crippen LogP contribution in [0.2, 0.25) is 0 Å². The van der Waals surface area contributed by atoms with E-state index in [9.17, 15) is 0 Å². The van der Waals surface area contributed by atoms with E-state index in [1.807, 2.05) is 13.8 Å². The maximum atomic E-state index is 2.42. The van der Waals surface area contributed by atoms with Crippen molar-refractivity contribution in [3.63, 3.8) is 0 Å². The molecule has 122 valence electrons. The zero-order chi connectivity index (χ0) is 15.7. The number of hydrogen-bond acceptors (Lipinski definition) is 0. The van der Waals surface area contributed by atoms with Crippen LogP contribution in [0.25, 0.3) is 5.57 Å². The van der Waals surface area contributed by atoms with E-state index in [-0.39, 0.29) is 7.43 Å². The fourth-order valence-electron chi connectivity index (χ4n) is 2.79. The molecule has 0 saturated heterocycles. The number of rotatable bonds is 3. The lowest BCUT2D eigenvalue weighted by Gasteiger charge is -2.11. The van der Waals surface area contributed by atoms with Gasteiger partial charge in [0.05, 0.1) is 0 Å². The van der Waals surface area contributed by atoms with Crippen molar-refractivity contribution in [2.45, 2.75) is 67.7 Å². The third kappa shape index (κ3) is 5.02. The van der Waals surface area contributed by atoms with Gasteiger partial charge in [0.15, 0.2) is 0 Å². The molecule has 0 heterocycles. The van der Waals surface area contributed by atoms with Gasteiger partial charge in [-0.3, -0.25) is 0 Å². The summed E-state index contributed by atoms with van der Waals surface area (Å²) in [5, 5.41) is 0. The second-order valence-electron chi connectivity index (χ2n) is 5.21. The molecular weight excluding hydrogens is 264 g/mol. The standard InChI is InChI=1S/C19H24.C2H6.CH4/c1-4-6-11-18-15(3)16(9-5-2)13-14-17-10-7-8-12-19(17)18;1-2;/h5,7-12H,4,6,13-14H2,1-3H3;1-2H3;1H4/b9-5-,18-11+;;. The molecule has 0 fully saturated rings. The van der Waals surface area contributed by atoms with E-state index in [0.29, 0.717) is 0 Å². The van der Waals surface area contributed by atoms with Crippen molar-refractivity contribution in [3.05, 3.63) is 64.8 Å². The Morgan fingerprint density at radius 3 is 2.41 bits per heavy atom. The molecular formula is C22H34. The number of allylic oxidation sites excluding steroid dienone is 6. The summed E-state index contributed by atoms with van der Waals surface area (Å²) in [6.45, 7) is 10.6. The first kappa shape index (κ1) is 20.4. The molecule has 0 aromatic heterocycles. The molecule has 1 aromatic rings. The molecule has 2 rings (SSSR count). The first-order valence-corrected chi connectivity index (χ1v) is 8.39. The van der Waals surface area contributed by atoms with Crippen LogP contribution in [0.5, 0.6) is 0 Å². The van der Waals surface area contributed by atoms with E-state index >= 15 is 0 Å². The van der Waals surface area contributed by atoms with E-state index in [4.69, 9.17) is 0 Å². The van der Waals surface area contributed by atoms with E-state index < -0.39 is 0 Å². The average molecular weight is 299 g/mol. The Balaban J connectivity index is 0.00000141. The van der Waals surface area contributed by atoms with Crippen LogP contribution < -0.4 is 0 Å². The quantitative estimate of drug-likeness (QED) is 0.546. The predicted octanol–water partition coefficient (Wildman–Crippen LogP) is 7.37. The lowest BCUT2D eigenvalue weighted by molar-refractivity contribution is 0.959. The minimum Gasteiger partial charge on any atom is -0.0874 e. The average Bonchev–Trinajstić information content (AvgIpc) is 2.66. The fraction of sp³-hybridized carbons (Fsp3) is 0.455. The Morgan fingerprint density at radius 2 is 1.77 bits per heavy atom. The zero-order valence-electron chi connectivity index (χ0n) is 14.4. The molecule has 0 saturated carbocycles. The fourth-order valence-corrected chi connectivity index (χ4v) is 2.79. The van der Waals surface area contributed by atoms with Crippen LogP contribution in [0, 0.1) is 0 Å². The molecule has 0 nitrogen and oxygen atoms in total. The van der Waals surface area contributed by atoms with Gasteiger partial charge in [0.25, 0.3) is 0 Å². The van der Waals surface area contributed by atoms with Gasteiger partial charge in [-0.05, 0) is 61.0 Å². The molecule has 0 amide bonds. The molecule has 1 aliphatic carbocycles. The van der Waals surface area contributed by atoms with Crippen molar-refractivity contribution in [1.82, 2.24) is 0 Å². The van der Waals surface area contributed by atoms with E-state index in [1.165, 1.54) is 34.3 Å². The SMILES string of the molecule is C.CC.C\C=C/C1=C(C)\C(=C/CCC)c2ccccc2CC1. The topological polar surface area (TPSA) is 0 Å². The summed E-state index contributed by atoms with van der Waals surface area (Å²) in [4.78, 5) is 0. The summed E-state index contributed by atoms with van der Waals surface area (Å²) in [6, 6.07) is 8.87. The number of hydrogen-bond donors (Lipinski definition) is 0. The maximum absolute atomic E-state index is 2.42. The molecule has 1 aromatic carbocycles. The number of benzene rings is 1. The lowest BCUT2D eigenvalue weighted by Crippen LogP contribution is -1.91. The monoisotopic (exact) mass is 298 g/mol. The van der Waals surface area contributed by atoms with Crippen LogP contribution >= 0.6 is 0 Å². The van der Waals surface area contributed by atoms with Crippen molar-refractivity contribution >= 4 is 5.57 Å². The second-order valence-corrected chi connectivity index (χ2v) is 5.21. The number of aryl methyl sites for hydroxylation is 1. The Kier molecular flexibility index (Phi) is 10.3. The van der Waals surface area contributed by atoms with Crippen molar-refractivity contribution in [1.29, 1.82) is 0 Å². The predicted molar refractivity (Wildman–Crippen MR) is 103 cm³/mol. The third-order valence-corrected chi connectivity index (χ3v) is 3.86. The van der Waals surface area contributed by atoms with Crippen molar-refractivity contribution in [2.75, 3.05) is 0 Å². The molecule has 0 aliphatic heterocycles. The van der Waals surface area contributed by atoms with E-state index in [0.717, 1.165) is 19.3 Å². The summed E-state index contributed by atoms with van der Waals surface area (Å²) in [5.41, 5.74) is 7.32. The Morgan fingerprint density at radius 1 is 1.09 bits per heavy atom. The number of fused-ring (bicyclic) bond motifs is 1. The van der Waals surface area contributed by atoms with Gasteiger partial charge in [-0.15, -0.1) is 0 Å². The highest BCUT2D eigenvalue weighted by atomic mass is 14.2. The summed E-state index contributed by atoms with van der Waals surface area (Å²) in [5.74, 6) is 0.